The first-order chi connectivity index (χ1) is 13.5. The fraction of sp³-hybridized carbons (Fsp3) is 0.208. The van der Waals surface area contributed by atoms with Crippen LogP contribution in [-0.4, -0.2) is 23.7 Å². The van der Waals surface area contributed by atoms with Crippen molar-refractivity contribution in [2.24, 2.45) is 0 Å². The van der Waals surface area contributed by atoms with E-state index in [0.717, 1.165) is 27.9 Å². The molecule has 0 N–H and O–H groups in total. The zero-order valence-corrected chi connectivity index (χ0v) is 16.5. The zero-order valence-electron chi connectivity index (χ0n) is 16.5. The molecule has 0 aliphatic heterocycles. The number of Topliss-reactive ketones (excluding diaryl/α,β-unsaturated/α-hetero) is 1. The van der Waals surface area contributed by atoms with Crippen LogP contribution >= 0.6 is 0 Å². The number of aryl methyl sites for hydroxylation is 1. The Hall–Kier alpha value is -3.27. The molecule has 4 heteroatoms. The monoisotopic (exact) mass is 372 g/mol. The molecule has 0 saturated heterocycles. The van der Waals surface area contributed by atoms with E-state index in [-0.39, 0.29) is 11.7 Å². The Morgan fingerprint density at radius 2 is 1.79 bits per heavy atom. The van der Waals surface area contributed by atoms with Gasteiger partial charge in [0.05, 0.1) is 0 Å². The minimum atomic E-state index is 0.0753. The SMILES string of the molecule is CCC(=O)N(C)c1ccc(-c2ccc(C(=O)Cc3cccnc3)cc2)c(C)c1. The van der Waals surface area contributed by atoms with Gasteiger partial charge < -0.3 is 4.90 Å². The van der Waals surface area contributed by atoms with Crippen LogP contribution in [0.3, 0.4) is 0 Å². The number of pyridine rings is 1. The predicted octanol–water partition coefficient (Wildman–Crippen LogP) is 4.86. The lowest BCUT2D eigenvalue weighted by Crippen LogP contribution is -2.25. The number of hydrogen-bond donors (Lipinski definition) is 0. The molecule has 0 atom stereocenters. The number of carbonyl (C=O) groups excluding carboxylic acids is 2. The number of amides is 1. The molecule has 0 spiro atoms. The van der Waals surface area contributed by atoms with Gasteiger partial charge in [-0.1, -0.05) is 43.3 Å². The molecule has 0 aliphatic carbocycles. The van der Waals surface area contributed by atoms with Gasteiger partial charge >= 0.3 is 0 Å². The van der Waals surface area contributed by atoms with E-state index in [4.69, 9.17) is 0 Å². The van der Waals surface area contributed by atoms with Gasteiger partial charge in [-0.05, 0) is 47.4 Å². The largest absolute Gasteiger partial charge is 0.316 e. The van der Waals surface area contributed by atoms with Crippen LogP contribution < -0.4 is 4.90 Å². The first-order valence-electron chi connectivity index (χ1n) is 9.39. The number of rotatable bonds is 6. The second kappa shape index (κ2) is 8.61. The van der Waals surface area contributed by atoms with Crippen LogP contribution in [0.25, 0.3) is 11.1 Å². The molecule has 0 unspecified atom stereocenters. The smallest absolute Gasteiger partial charge is 0.226 e. The second-order valence-electron chi connectivity index (χ2n) is 6.84. The Morgan fingerprint density at radius 3 is 2.39 bits per heavy atom. The summed E-state index contributed by atoms with van der Waals surface area (Å²) < 4.78 is 0. The third-order valence-electron chi connectivity index (χ3n) is 4.88. The number of ketones is 1. The van der Waals surface area contributed by atoms with E-state index < -0.39 is 0 Å². The summed E-state index contributed by atoms with van der Waals surface area (Å²) in [5.74, 6) is 0.162. The quantitative estimate of drug-likeness (QED) is 0.581. The van der Waals surface area contributed by atoms with Crippen molar-refractivity contribution < 1.29 is 9.59 Å². The molecular weight excluding hydrogens is 348 g/mol. The van der Waals surface area contributed by atoms with Gasteiger partial charge in [-0.25, -0.2) is 0 Å². The molecule has 142 valence electrons. The minimum Gasteiger partial charge on any atom is -0.316 e. The van der Waals surface area contributed by atoms with Crippen LogP contribution in [0, 0.1) is 6.92 Å². The number of aromatic nitrogens is 1. The van der Waals surface area contributed by atoms with E-state index in [2.05, 4.69) is 4.98 Å². The van der Waals surface area contributed by atoms with Crippen molar-refractivity contribution in [2.75, 3.05) is 11.9 Å². The van der Waals surface area contributed by atoms with Crippen LogP contribution in [-0.2, 0) is 11.2 Å². The number of benzene rings is 2. The molecule has 0 aliphatic rings. The van der Waals surface area contributed by atoms with Crippen molar-refractivity contribution in [1.82, 2.24) is 4.98 Å². The average molecular weight is 372 g/mol. The maximum atomic E-state index is 12.5. The molecule has 0 saturated carbocycles. The maximum Gasteiger partial charge on any atom is 0.226 e. The highest BCUT2D eigenvalue weighted by molar-refractivity contribution is 5.98. The van der Waals surface area contributed by atoms with Crippen LogP contribution in [0.1, 0.15) is 34.8 Å². The Kier molecular flexibility index (Phi) is 5.99. The molecule has 28 heavy (non-hydrogen) atoms. The van der Waals surface area contributed by atoms with E-state index in [1.807, 2.05) is 68.4 Å². The van der Waals surface area contributed by atoms with E-state index in [1.54, 1.807) is 24.3 Å². The molecule has 1 aromatic heterocycles. The van der Waals surface area contributed by atoms with Gasteiger partial charge in [0, 0.05) is 43.5 Å². The summed E-state index contributed by atoms with van der Waals surface area (Å²) in [6.45, 7) is 3.89. The Labute approximate surface area is 165 Å². The normalized spacial score (nSPS) is 10.5. The standard InChI is InChI=1S/C24H24N2O2/c1-4-24(28)26(3)21-11-12-22(17(2)14-21)19-7-9-20(10-8-19)23(27)15-18-6-5-13-25-16-18/h5-14,16H,4,15H2,1-3H3. The Balaban J connectivity index is 1.78. The lowest BCUT2D eigenvalue weighted by molar-refractivity contribution is -0.118. The van der Waals surface area contributed by atoms with Gasteiger partial charge in [0.15, 0.2) is 5.78 Å². The first kappa shape index (κ1) is 19.5. The topological polar surface area (TPSA) is 50.3 Å². The molecule has 2 aromatic carbocycles. The van der Waals surface area contributed by atoms with E-state index >= 15 is 0 Å². The van der Waals surface area contributed by atoms with Crippen molar-refractivity contribution in [1.29, 1.82) is 0 Å². The highest BCUT2D eigenvalue weighted by atomic mass is 16.2. The summed E-state index contributed by atoms with van der Waals surface area (Å²) in [6, 6.07) is 17.4. The van der Waals surface area contributed by atoms with Crippen molar-refractivity contribution in [3.8, 4) is 11.1 Å². The van der Waals surface area contributed by atoms with E-state index in [0.29, 0.717) is 18.4 Å². The third-order valence-corrected chi connectivity index (χ3v) is 4.88. The van der Waals surface area contributed by atoms with Gasteiger partial charge in [-0.3, -0.25) is 14.6 Å². The van der Waals surface area contributed by atoms with E-state index in [9.17, 15) is 9.59 Å². The average Bonchev–Trinajstić information content (AvgIpc) is 2.73. The first-order valence-corrected chi connectivity index (χ1v) is 9.39. The molecule has 0 fully saturated rings. The van der Waals surface area contributed by atoms with Crippen molar-refractivity contribution in [3.63, 3.8) is 0 Å². The highest BCUT2D eigenvalue weighted by Crippen LogP contribution is 2.28. The summed E-state index contributed by atoms with van der Waals surface area (Å²) in [7, 11) is 1.79. The lowest BCUT2D eigenvalue weighted by Gasteiger charge is -2.18. The van der Waals surface area contributed by atoms with Crippen molar-refractivity contribution >= 4 is 17.4 Å². The highest BCUT2D eigenvalue weighted by Gasteiger charge is 2.12. The molecule has 1 amide bonds. The summed E-state index contributed by atoms with van der Waals surface area (Å²) in [6.07, 6.45) is 4.24. The van der Waals surface area contributed by atoms with Crippen molar-refractivity contribution in [3.05, 3.63) is 83.7 Å². The Bertz CT molecular complexity index is 979. The number of nitrogens with zero attached hydrogens (tertiary/aromatic N) is 2. The molecule has 4 nitrogen and oxygen atoms in total. The fourth-order valence-corrected chi connectivity index (χ4v) is 3.19. The van der Waals surface area contributed by atoms with Gasteiger partial charge in [0.2, 0.25) is 5.91 Å². The van der Waals surface area contributed by atoms with Crippen LogP contribution in [0.2, 0.25) is 0 Å². The van der Waals surface area contributed by atoms with Gasteiger partial charge in [-0.2, -0.15) is 0 Å². The third kappa shape index (κ3) is 4.34. The lowest BCUT2D eigenvalue weighted by atomic mass is 9.97. The second-order valence-corrected chi connectivity index (χ2v) is 6.84. The molecular formula is C24H24N2O2. The summed E-state index contributed by atoms with van der Waals surface area (Å²) in [5, 5.41) is 0. The number of carbonyl (C=O) groups is 2. The minimum absolute atomic E-state index is 0.0753. The molecule has 0 radical (unpaired) electrons. The van der Waals surface area contributed by atoms with Gasteiger partial charge in [0.1, 0.15) is 0 Å². The van der Waals surface area contributed by atoms with Crippen LogP contribution in [0.4, 0.5) is 5.69 Å². The molecule has 1 heterocycles. The summed E-state index contributed by atoms with van der Waals surface area (Å²) >= 11 is 0. The van der Waals surface area contributed by atoms with Crippen molar-refractivity contribution in [2.45, 2.75) is 26.7 Å². The summed E-state index contributed by atoms with van der Waals surface area (Å²) in [4.78, 5) is 30.1. The van der Waals surface area contributed by atoms with Crippen LogP contribution in [0.15, 0.2) is 67.0 Å². The zero-order chi connectivity index (χ0) is 20.1. The number of hydrogen-bond acceptors (Lipinski definition) is 3. The van der Waals surface area contributed by atoms with Gasteiger partial charge in [-0.15, -0.1) is 0 Å². The predicted molar refractivity (Wildman–Crippen MR) is 113 cm³/mol. The molecule has 0 bridgehead atoms. The molecule has 3 rings (SSSR count). The van der Waals surface area contributed by atoms with Crippen LogP contribution in [0.5, 0.6) is 0 Å². The maximum absolute atomic E-state index is 12.5. The van der Waals surface area contributed by atoms with E-state index in [1.165, 1.54) is 0 Å². The summed E-state index contributed by atoms with van der Waals surface area (Å²) in [5.41, 5.74) is 5.71. The fourth-order valence-electron chi connectivity index (χ4n) is 3.19. The molecule has 3 aromatic rings. The Morgan fingerprint density at radius 1 is 1.04 bits per heavy atom. The number of anilines is 1. The van der Waals surface area contributed by atoms with Gasteiger partial charge in [0.25, 0.3) is 0 Å².